The molecular formula is C22H26N2O6S. The molecule has 0 radical (unpaired) electrons. The fraction of sp³-hybridized carbons (Fsp3) is 0.409. The monoisotopic (exact) mass is 446 g/mol. The van der Waals surface area contributed by atoms with E-state index in [0.29, 0.717) is 17.9 Å². The van der Waals surface area contributed by atoms with E-state index in [1.165, 1.54) is 11.4 Å². The molecule has 0 saturated heterocycles. The Morgan fingerprint density at radius 2 is 1.74 bits per heavy atom. The molecule has 1 saturated carbocycles. The molecule has 166 valence electrons. The fourth-order valence-electron chi connectivity index (χ4n) is 4.64. The second-order valence-electron chi connectivity index (χ2n) is 8.02. The molecule has 2 aromatic carbocycles. The molecule has 2 N–H and O–H groups in total. The van der Waals surface area contributed by atoms with Crippen LogP contribution in [0.1, 0.15) is 29.5 Å². The SMILES string of the molecule is COc1cc2c(cc1OC)CN(S(=O)(=O)N[C@@]1(C(=O)O)C(C)[C@H]1c1ccccc1)CC2. The Morgan fingerprint density at radius 1 is 1.13 bits per heavy atom. The van der Waals surface area contributed by atoms with E-state index in [4.69, 9.17) is 9.47 Å². The number of fused-ring (bicyclic) bond motifs is 1. The van der Waals surface area contributed by atoms with Gasteiger partial charge in [-0.05, 0) is 41.2 Å². The molecule has 2 aromatic rings. The average molecular weight is 447 g/mol. The zero-order chi connectivity index (χ0) is 22.4. The van der Waals surface area contributed by atoms with Crippen LogP contribution in [0.2, 0.25) is 0 Å². The van der Waals surface area contributed by atoms with Crippen molar-refractivity contribution in [1.29, 1.82) is 0 Å². The Kier molecular flexibility index (Phi) is 5.45. The first-order chi connectivity index (χ1) is 14.7. The van der Waals surface area contributed by atoms with Crippen molar-refractivity contribution in [1.82, 2.24) is 9.03 Å². The summed E-state index contributed by atoms with van der Waals surface area (Å²) in [6.45, 7) is 2.14. The molecule has 1 fully saturated rings. The number of nitrogens with zero attached hydrogens (tertiary/aromatic N) is 1. The molecule has 1 aliphatic carbocycles. The highest BCUT2D eigenvalue weighted by atomic mass is 32.2. The van der Waals surface area contributed by atoms with Crippen LogP contribution in [0.15, 0.2) is 42.5 Å². The zero-order valence-electron chi connectivity index (χ0n) is 17.7. The quantitative estimate of drug-likeness (QED) is 0.675. The van der Waals surface area contributed by atoms with Crippen molar-refractivity contribution in [2.24, 2.45) is 5.92 Å². The summed E-state index contributed by atoms with van der Waals surface area (Å²) in [5, 5.41) is 9.98. The third-order valence-corrected chi connectivity index (χ3v) is 8.02. The first kappa shape index (κ1) is 21.6. The smallest absolute Gasteiger partial charge is 0.325 e. The topological polar surface area (TPSA) is 105 Å². The van der Waals surface area contributed by atoms with E-state index in [2.05, 4.69) is 4.72 Å². The van der Waals surface area contributed by atoms with E-state index < -0.39 is 27.6 Å². The number of rotatable bonds is 7. The van der Waals surface area contributed by atoms with Crippen molar-refractivity contribution in [2.45, 2.75) is 31.3 Å². The highest BCUT2D eigenvalue weighted by Crippen LogP contribution is 2.58. The molecule has 31 heavy (non-hydrogen) atoms. The van der Waals surface area contributed by atoms with Gasteiger partial charge in [-0.25, -0.2) is 0 Å². The fourth-order valence-corrected chi connectivity index (χ4v) is 6.24. The van der Waals surface area contributed by atoms with Gasteiger partial charge in [-0.2, -0.15) is 17.4 Å². The van der Waals surface area contributed by atoms with Gasteiger partial charge in [-0.15, -0.1) is 0 Å². The lowest BCUT2D eigenvalue weighted by atomic mass is 10.0. The number of ether oxygens (including phenoxy) is 2. The van der Waals surface area contributed by atoms with Crippen LogP contribution in [0, 0.1) is 5.92 Å². The molecule has 2 aliphatic rings. The number of hydrogen-bond acceptors (Lipinski definition) is 5. The van der Waals surface area contributed by atoms with Crippen molar-refractivity contribution >= 4 is 16.2 Å². The van der Waals surface area contributed by atoms with Crippen LogP contribution in [0.3, 0.4) is 0 Å². The Morgan fingerprint density at radius 3 is 2.32 bits per heavy atom. The molecule has 4 rings (SSSR count). The summed E-state index contributed by atoms with van der Waals surface area (Å²) >= 11 is 0. The van der Waals surface area contributed by atoms with Crippen LogP contribution < -0.4 is 14.2 Å². The molecule has 9 heteroatoms. The van der Waals surface area contributed by atoms with Crippen LogP contribution in [-0.2, 0) is 28.0 Å². The largest absolute Gasteiger partial charge is 0.493 e. The minimum Gasteiger partial charge on any atom is -0.493 e. The molecule has 3 atom stereocenters. The standard InChI is InChI=1S/C22H26N2O6S/c1-14-20(15-7-5-4-6-8-15)22(14,21(25)26)23-31(27,28)24-10-9-16-11-18(29-2)19(30-3)12-17(16)13-24/h4-8,11-12,14,20,23H,9-10,13H2,1-3H3,(H,25,26)/t14?,20-,22-/m0/s1. The predicted molar refractivity (Wildman–Crippen MR) is 114 cm³/mol. The Labute approximate surface area is 182 Å². The predicted octanol–water partition coefficient (Wildman–Crippen LogP) is 2.15. The Balaban J connectivity index is 1.60. The molecule has 8 nitrogen and oxygen atoms in total. The molecule has 1 unspecified atom stereocenters. The van der Waals surface area contributed by atoms with Gasteiger partial charge in [0.1, 0.15) is 5.54 Å². The Bertz CT molecular complexity index is 1100. The molecular weight excluding hydrogens is 420 g/mol. The molecule has 0 aromatic heterocycles. The number of aliphatic carboxylic acids is 1. The van der Waals surface area contributed by atoms with E-state index >= 15 is 0 Å². The first-order valence-electron chi connectivity index (χ1n) is 10.1. The summed E-state index contributed by atoms with van der Waals surface area (Å²) in [5.41, 5.74) is 1.04. The number of carboxylic acid groups (broad SMARTS) is 1. The van der Waals surface area contributed by atoms with Crippen molar-refractivity contribution < 1.29 is 27.8 Å². The summed E-state index contributed by atoms with van der Waals surface area (Å²) in [6, 6.07) is 12.8. The van der Waals surface area contributed by atoms with Gasteiger partial charge >= 0.3 is 5.97 Å². The van der Waals surface area contributed by atoms with Crippen LogP contribution in [0.4, 0.5) is 0 Å². The Hall–Kier alpha value is -2.62. The highest BCUT2D eigenvalue weighted by Gasteiger charge is 2.70. The summed E-state index contributed by atoms with van der Waals surface area (Å²) in [4.78, 5) is 12.2. The number of nitrogens with one attached hydrogen (secondary N) is 1. The van der Waals surface area contributed by atoms with Crippen LogP contribution in [0.25, 0.3) is 0 Å². The van der Waals surface area contributed by atoms with Crippen LogP contribution in [0.5, 0.6) is 11.5 Å². The number of carbonyl (C=O) groups is 1. The molecule has 0 spiro atoms. The summed E-state index contributed by atoms with van der Waals surface area (Å²) in [7, 11) is -0.965. The molecule has 0 amide bonds. The lowest BCUT2D eigenvalue weighted by Gasteiger charge is -2.30. The third-order valence-electron chi connectivity index (χ3n) is 6.43. The van der Waals surface area contributed by atoms with E-state index in [9.17, 15) is 18.3 Å². The minimum absolute atomic E-state index is 0.130. The van der Waals surface area contributed by atoms with E-state index in [-0.39, 0.29) is 19.0 Å². The van der Waals surface area contributed by atoms with Crippen molar-refractivity contribution in [3.63, 3.8) is 0 Å². The van der Waals surface area contributed by atoms with Gasteiger partial charge < -0.3 is 14.6 Å². The van der Waals surface area contributed by atoms with E-state index in [0.717, 1.165) is 16.7 Å². The number of carboxylic acids is 1. The van der Waals surface area contributed by atoms with Crippen LogP contribution >= 0.6 is 0 Å². The highest BCUT2D eigenvalue weighted by molar-refractivity contribution is 7.87. The maximum Gasteiger partial charge on any atom is 0.325 e. The first-order valence-corrected chi connectivity index (χ1v) is 11.5. The lowest BCUT2D eigenvalue weighted by Crippen LogP contribution is -2.52. The normalized spacial score (nSPS) is 25.5. The van der Waals surface area contributed by atoms with Gasteiger partial charge in [-0.1, -0.05) is 37.3 Å². The molecule has 1 aliphatic heterocycles. The minimum atomic E-state index is -4.04. The molecule has 1 heterocycles. The van der Waals surface area contributed by atoms with Crippen molar-refractivity contribution in [3.05, 3.63) is 59.2 Å². The van der Waals surface area contributed by atoms with Crippen LogP contribution in [-0.4, -0.2) is 50.1 Å². The average Bonchev–Trinajstić information content (AvgIpc) is 3.36. The maximum absolute atomic E-state index is 13.3. The van der Waals surface area contributed by atoms with E-state index in [1.807, 2.05) is 36.4 Å². The van der Waals surface area contributed by atoms with Gasteiger partial charge in [0.05, 0.1) is 14.2 Å². The third kappa shape index (κ3) is 3.56. The second kappa shape index (κ2) is 7.81. The van der Waals surface area contributed by atoms with Crippen molar-refractivity contribution in [3.8, 4) is 11.5 Å². The van der Waals surface area contributed by atoms with Crippen molar-refractivity contribution in [2.75, 3.05) is 20.8 Å². The zero-order valence-corrected chi connectivity index (χ0v) is 18.5. The van der Waals surface area contributed by atoms with Gasteiger partial charge in [0.15, 0.2) is 11.5 Å². The number of hydrogen-bond donors (Lipinski definition) is 2. The maximum atomic E-state index is 13.3. The summed E-state index contributed by atoms with van der Waals surface area (Å²) in [5.74, 6) is -0.847. The second-order valence-corrected chi connectivity index (χ2v) is 9.69. The number of methoxy groups -OCH3 is 2. The van der Waals surface area contributed by atoms with Gasteiger partial charge in [0.2, 0.25) is 0 Å². The summed E-state index contributed by atoms with van der Waals surface area (Å²) < 4.78 is 41.0. The van der Waals surface area contributed by atoms with Gasteiger partial charge in [0.25, 0.3) is 10.2 Å². The number of benzene rings is 2. The molecule has 0 bridgehead atoms. The van der Waals surface area contributed by atoms with Gasteiger partial charge in [-0.3, -0.25) is 4.79 Å². The van der Waals surface area contributed by atoms with E-state index in [1.54, 1.807) is 20.1 Å². The van der Waals surface area contributed by atoms with Gasteiger partial charge in [0, 0.05) is 19.0 Å². The summed E-state index contributed by atoms with van der Waals surface area (Å²) in [6.07, 6.45) is 0.494. The lowest BCUT2D eigenvalue weighted by molar-refractivity contribution is -0.140.